The highest BCUT2D eigenvalue weighted by atomic mass is 16.2. The Morgan fingerprint density at radius 3 is 2.50 bits per heavy atom. The Balaban J connectivity index is 1.78. The molecular weight excluding hydrogens is 300 g/mol. The smallest absolute Gasteiger partial charge is 0.272 e. The van der Waals surface area contributed by atoms with Crippen LogP contribution in [0.2, 0.25) is 0 Å². The predicted octanol–water partition coefficient (Wildman–Crippen LogP) is 3.71. The van der Waals surface area contributed by atoms with E-state index in [0.717, 1.165) is 42.7 Å². The second-order valence-corrected chi connectivity index (χ2v) is 6.63. The molecule has 3 rings (SSSR count). The molecule has 2 heterocycles. The van der Waals surface area contributed by atoms with Crippen molar-refractivity contribution in [2.24, 2.45) is 5.92 Å². The second kappa shape index (κ2) is 6.99. The summed E-state index contributed by atoms with van der Waals surface area (Å²) >= 11 is 0. The predicted molar refractivity (Wildman–Crippen MR) is 95.5 cm³/mol. The monoisotopic (exact) mass is 324 g/mol. The van der Waals surface area contributed by atoms with E-state index in [-0.39, 0.29) is 5.91 Å². The fourth-order valence-electron chi connectivity index (χ4n) is 3.04. The minimum Gasteiger partial charge on any atom is -0.337 e. The Bertz CT molecular complexity index is 716. The Hall–Kier alpha value is -2.43. The van der Waals surface area contributed by atoms with Gasteiger partial charge in [0, 0.05) is 25.0 Å². The molecule has 0 bridgehead atoms. The molecule has 126 valence electrons. The number of anilines is 2. The summed E-state index contributed by atoms with van der Waals surface area (Å²) in [5.74, 6) is 1.15. The van der Waals surface area contributed by atoms with Crippen LogP contribution in [-0.2, 0) is 0 Å². The van der Waals surface area contributed by atoms with Gasteiger partial charge in [-0.3, -0.25) is 4.79 Å². The van der Waals surface area contributed by atoms with Crippen molar-refractivity contribution in [3.8, 4) is 0 Å². The fourth-order valence-corrected chi connectivity index (χ4v) is 3.04. The number of hydrogen-bond donors (Lipinski definition) is 1. The largest absolute Gasteiger partial charge is 0.337 e. The zero-order chi connectivity index (χ0) is 17.1. The van der Waals surface area contributed by atoms with Crippen molar-refractivity contribution in [3.63, 3.8) is 0 Å². The van der Waals surface area contributed by atoms with Crippen LogP contribution in [0, 0.1) is 19.8 Å². The van der Waals surface area contributed by atoms with Gasteiger partial charge in [-0.25, -0.2) is 9.97 Å². The summed E-state index contributed by atoms with van der Waals surface area (Å²) in [6.07, 6.45) is 3.76. The molecule has 5 heteroatoms. The van der Waals surface area contributed by atoms with E-state index in [1.54, 1.807) is 12.3 Å². The van der Waals surface area contributed by atoms with Crippen molar-refractivity contribution in [2.75, 3.05) is 18.4 Å². The van der Waals surface area contributed by atoms with Crippen LogP contribution < -0.4 is 5.32 Å². The SMILES string of the molecule is Cc1cccc(C)c1Nc1nccc(C(=O)N2CCC(C)CC2)n1. The van der Waals surface area contributed by atoms with Gasteiger partial charge in [-0.1, -0.05) is 25.1 Å². The maximum Gasteiger partial charge on any atom is 0.272 e. The average Bonchev–Trinajstić information content (AvgIpc) is 2.59. The van der Waals surface area contributed by atoms with Crippen LogP contribution in [0.15, 0.2) is 30.5 Å². The van der Waals surface area contributed by atoms with Crippen molar-refractivity contribution >= 4 is 17.5 Å². The van der Waals surface area contributed by atoms with E-state index < -0.39 is 0 Å². The summed E-state index contributed by atoms with van der Waals surface area (Å²) in [7, 11) is 0. The molecular formula is C19H24N4O. The lowest BCUT2D eigenvalue weighted by molar-refractivity contribution is 0.0691. The molecule has 1 fully saturated rings. The first-order valence-corrected chi connectivity index (χ1v) is 8.50. The third-order valence-electron chi connectivity index (χ3n) is 4.66. The van der Waals surface area contributed by atoms with Gasteiger partial charge in [0.1, 0.15) is 5.69 Å². The molecule has 0 aliphatic carbocycles. The van der Waals surface area contributed by atoms with Crippen LogP contribution >= 0.6 is 0 Å². The standard InChI is InChI=1S/C19H24N4O/c1-13-8-11-23(12-9-13)18(24)16-7-10-20-19(21-16)22-17-14(2)5-4-6-15(17)3/h4-7,10,13H,8-9,11-12H2,1-3H3,(H,20,21,22). The molecule has 1 aromatic carbocycles. The Kier molecular flexibility index (Phi) is 4.79. The Labute approximate surface area is 143 Å². The van der Waals surface area contributed by atoms with Gasteiger partial charge in [0.2, 0.25) is 5.95 Å². The quantitative estimate of drug-likeness (QED) is 0.935. The molecule has 1 N–H and O–H groups in total. The van der Waals surface area contributed by atoms with E-state index in [1.165, 1.54) is 0 Å². The summed E-state index contributed by atoms with van der Waals surface area (Å²) in [4.78, 5) is 23.2. The summed E-state index contributed by atoms with van der Waals surface area (Å²) in [5.41, 5.74) is 3.70. The highest BCUT2D eigenvalue weighted by Crippen LogP contribution is 2.23. The van der Waals surface area contributed by atoms with E-state index in [4.69, 9.17) is 0 Å². The lowest BCUT2D eigenvalue weighted by Gasteiger charge is -2.30. The highest BCUT2D eigenvalue weighted by molar-refractivity contribution is 5.92. The average molecular weight is 324 g/mol. The van der Waals surface area contributed by atoms with Crippen molar-refractivity contribution in [1.82, 2.24) is 14.9 Å². The minimum atomic E-state index is -0.00569. The number of aryl methyl sites for hydroxylation is 2. The number of amides is 1. The lowest BCUT2D eigenvalue weighted by Crippen LogP contribution is -2.38. The van der Waals surface area contributed by atoms with E-state index in [0.29, 0.717) is 17.6 Å². The lowest BCUT2D eigenvalue weighted by atomic mass is 9.99. The van der Waals surface area contributed by atoms with Crippen LogP contribution in [0.25, 0.3) is 0 Å². The molecule has 0 atom stereocenters. The van der Waals surface area contributed by atoms with E-state index >= 15 is 0 Å². The van der Waals surface area contributed by atoms with Crippen LogP contribution in [0.5, 0.6) is 0 Å². The van der Waals surface area contributed by atoms with Gasteiger partial charge in [0.25, 0.3) is 5.91 Å². The number of rotatable bonds is 3. The number of benzene rings is 1. The van der Waals surface area contributed by atoms with Crippen LogP contribution in [0.1, 0.15) is 41.4 Å². The zero-order valence-corrected chi connectivity index (χ0v) is 14.5. The topological polar surface area (TPSA) is 58.1 Å². The van der Waals surface area contributed by atoms with E-state index in [1.807, 2.05) is 36.9 Å². The molecule has 0 saturated carbocycles. The zero-order valence-electron chi connectivity index (χ0n) is 14.5. The highest BCUT2D eigenvalue weighted by Gasteiger charge is 2.22. The summed E-state index contributed by atoms with van der Waals surface area (Å²) < 4.78 is 0. The number of carbonyl (C=O) groups excluding carboxylic acids is 1. The fraction of sp³-hybridized carbons (Fsp3) is 0.421. The van der Waals surface area contributed by atoms with Crippen molar-refractivity contribution in [2.45, 2.75) is 33.6 Å². The van der Waals surface area contributed by atoms with Crippen molar-refractivity contribution in [3.05, 3.63) is 47.3 Å². The molecule has 24 heavy (non-hydrogen) atoms. The summed E-state index contributed by atoms with van der Waals surface area (Å²) in [6, 6.07) is 7.79. The van der Waals surface area contributed by atoms with E-state index in [2.05, 4.69) is 22.2 Å². The van der Waals surface area contributed by atoms with Gasteiger partial charge in [-0.15, -0.1) is 0 Å². The third kappa shape index (κ3) is 3.55. The molecule has 1 aliphatic rings. The number of likely N-dealkylation sites (tertiary alicyclic amines) is 1. The minimum absolute atomic E-state index is 0.00569. The third-order valence-corrected chi connectivity index (χ3v) is 4.66. The normalized spacial score (nSPS) is 15.4. The first-order chi connectivity index (χ1) is 11.5. The van der Waals surface area contributed by atoms with Gasteiger partial charge in [-0.05, 0) is 49.8 Å². The van der Waals surface area contributed by atoms with E-state index in [9.17, 15) is 4.79 Å². The molecule has 1 saturated heterocycles. The van der Waals surface area contributed by atoms with Crippen LogP contribution in [-0.4, -0.2) is 33.9 Å². The van der Waals surface area contributed by atoms with Gasteiger partial charge in [0.05, 0.1) is 0 Å². The van der Waals surface area contributed by atoms with Crippen molar-refractivity contribution < 1.29 is 4.79 Å². The van der Waals surface area contributed by atoms with Crippen LogP contribution in [0.3, 0.4) is 0 Å². The maximum atomic E-state index is 12.7. The molecule has 1 aromatic heterocycles. The molecule has 2 aromatic rings. The van der Waals surface area contributed by atoms with Gasteiger partial charge < -0.3 is 10.2 Å². The Morgan fingerprint density at radius 2 is 1.83 bits per heavy atom. The number of hydrogen-bond acceptors (Lipinski definition) is 4. The molecule has 1 aliphatic heterocycles. The molecule has 1 amide bonds. The summed E-state index contributed by atoms with van der Waals surface area (Å²) in [5, 5.41) is 3.25. The number of nitrogens with one attached hydrogen (secondary N) is 1. The number of nitrogens with zero attached hydrogens (tertiary/aromatic N) is 3. The van der Waals surface area contributed by atoms with Crippen LogP contribution in [0.4, 0.5) is 11.6 Å². The van der Waals surface area contributed by atoms with Crippen molar-refractivity contribution in [1.29, 1.82) is 0 Å². The molecule has 0 unspecified atom stereocenters. The molecule has 0 radical (unpaired) electrons. The Morgan fingerprint density at radius 1 is 1.17 bits per heavy atom. The first-order valence-electron chi connectivity index (χ1n) is 8.50. The number of piperidine rings is 1. The van der Waals surface area contributed by atoms with Gasteiger partial charge in [-0.2, -0.15) is 0 Å². The number of aromatic nitrogens is 2. The second-order valence-electron chi connectivity index (χ2n) is 6.63. The number of carbonyl (C=O) groups is 1. The molecule has 0 spiro atoms. The number of para-hydroxylation sites is 1. The van der Waals surface area contributed by atoms with Gasteiger partial charge >= 0.3 is 0 Å². The first kappa shape index (κ1) is 16.4. The van der Waals surface area contributed by atoms with Gasteiger partial charge in [0.15, 0.2) is 0 Å². The molecule has 5 nitrogen and oxygen atoms in total. The summed E-state index contributed by atoms with van der Waals surface area (Å²) in [6.45, 7) is 7.94. The maximum absolute atomic E-state index is 12.7.